The molecule has 3 rings (SSSR count). The molecule has 21 heavy (non-hydrogen) atoms. The van der Waals surface area contributed by atoms with Crippen LogP contribution in [0.5, 0.6) is 0 Å². The first-order valence-electron chi connectivity index (χ1n) is 8.50. The van der Waals surface area contributed by atoms with Gasteiger partial charge in [0, 0.05) is 25.2 Å². The molecule has 0 spiro atoms. The van der Waals surface area contributed by atoms with E-state index in [4.69, 9.17) is 10.5 Å². The molecule has 0 radical (unpaired) electrons. The molecular weight excluding hydrogens is 260 g/mol. The van der Waals surface area contributed by atoms with Gasteiger partial charge in [-0.25, -0.2) is 0 Å². The maximum atomic E-state index is 6.11. The van der Waals surface area contributed by atoms with Crippen LogP contribution in [-0.4, -0.2) is 42.8 Å². The highest BCUT2D eigenvalue weighted by molar-refractivity contribution is 5.14. The zero-order valence-electron chi connectivity index (χ0n) is 12.9. The highest BCUT2D eigenvalue weighted by Crippen LogP contribution is 2.30. The molecule has 1 aliphatic heterocycles. The molecule has 1 aromatic carbocycles. The lowest BCUT2D eigenvalue weighted by Gasteiger charge is -2.47. The molecule has 2 fully saturated rings. The molecule has 1 aromatic rings. The number of hydrogen-bond acceptors (Lipinski definition) is 3. The van der Waals surface area contributed by atoms with Crippen LogP contribution in [0.4, 0.5) is 0 Å². The molecule has 1 saturated heterocycles. The van der Waals surface area contributed by atoms with Gasteiger partial charge in [-0.15, -0.1) is 0 Å². The van der Waals surface area contributed by atoms with Crippen molar-refractivity contribution in [1.29, 1.82) is 0 Å². The minimum atomic E-state index is 0.457. The molecule has 3 atom stereocenters. The van der Waals surface area contributed by atoms with E-state index in [0.29, 0.717) is 18.2 Å². The average Bonchev–Trinajstić information content (AvgIpc) is 2.56. The zero-order valence-corrected chi connectivity index (χ0v) is 12.9. The zero-order chi connectivity index (χ0) is 14.5. The van der Waals surface area contributed by atoms with Gasteiger partial charge in [0.2, 0.25) is 0 Å². The number of hydrogen-bond donors (Lipinski definition) is 1. The van der Waals surface area contributed by atoms with E-state index in [0.717, 1.165) is 32.5 Å². The number of ether oxygens (including phenoxy) is 1. The van der Waals surface area contributed by atoms with Gasteiger partial charge in [-0.1, -0.05) is 43.2 Å². The summed E-state index contributed by atoms with van der Waals surface area (Å²) in [6, 6.07) is 11.9. The highest BCUT2D eigenvalue weighted by atomic mass is 16.5. The van der Waals surface area contributed by atoms with Crippen LogP contribution in [0, 0.1) is 0 Å². The van der Waals surface area contributed by atoms with E-state index >= 15 is 0 Å². The van der Waals surface area contributed by atoms with Crippen molar-refractivity contribution < 1.29 is 4.74 Å². The number of nitrogens with two attached hydrogens (primary N) is 1. The number of rotatable bonds is 5. The quantitative estimate of drug-likeness (QED) is 0.905. The molecule has 0 amide bonds. The van der Waals surface area contributed by atoms with E-state index in [-0.39, 0.29) is 0 Å². The first kappa shape index (κ1) is 15.0. The van der Waals surface area contributed by atoms with Crippen molar-refractivity contribution in [3.05, 3.63) is 35.9 Å². The Labute approximate surface area is 128 Å². The van der Waals surface area contributed by atoms with Crippen molar-refractivity contribution in [3.63, 3.8) is 0 Å². The van der Waals surface area contributed by atoms with Crippen molar-refractivity contribution in [2.75, 3.05) is 19.7 Å². The second-order valence-corrected chi connectivity index (χ2v) is 6.41. The predicted octanol–water partition coefficient (Wildman–Crippen LogP) is 2.59. The van der Waals surface area contributed by atoms with Gasteiger partial charge in [0.05, 0.1) is 12.7 Å². The summed E-state index contributed by atoms with van der Waals surface area (Å²) in [5.41, 5.74) is 7.53. The van der Waals surface area contributed by atoms with Gasteiger partial charge in [0.1, 0.15) is 0 Å². The Morgan fingerprint density at radius 2 is 2.00 bits per heavy atom. The number of aryl methyl sites for hydroxylation is 1. The molecule has 3 unspecified atom stereocenters. The summed E-state index contributed by atoms with van der Waals surface area (Å²) in [4.78, 5) is 2.66. The van der Waals surface area contributed by atoms with E-state index in [2.05, 4.69) is 35.2 Å². The first-order chi connectivity index (χ1) is 10.4. The van der Waals surface area contributed by atoms with Gasteiger partial charge in [-0.3, -0.25) is 4.90 Å². The van der Waals surface area contributed by atoms with E-state index in [1.807, 2.05) is 0 Å². The summed E-state index contributed by atoms with van der Waals surface area (Å²) in [5.74, 6) is 0. The Balaban J connectivity index is 1.61. The smallest absolute Gasteiger partial charge is 0.0731 e. The topological polar surface area (TPSA) is 38.5 Å². The normalized spacial score (nSPS) is 28.0. The lowest BCUT2D eigenvalue weighted by molar-refractivity contribution is -0.102. The van der Waals surface area contributed by atoms with Crippen LogP contribution in [0.1, 0.15) is 37.7 Å². The van der Waals surface area contributed by atoms with Gasteiger partial charge in [-0.05, 0) is 31.2 Å². The van der Waals surface area contributed by atoms with Gasteiger partial charge in [0.15, 0.2) is 0 Å². The van der Waals surface area contributed by atoms with Crippen molar-refractivity contribution in [2.24, 2.45) is 5.73 Å². The molecule has 1 saturated carbocycles. The van der Waals surface area contributed by atoms with E-state index < -0.39 is 0 Å². The van der Waals surface area contributed by atoms with Gasteiger partial charge < -0.3 is 10.5 Å². The molecule has 0 bridgehead atoms. The van der Waals surface area contributed by atoms with Crippen LogP contribution >= 0.6 is 0 Å². The number of fused-ring (bicyclic) bond motifs is 1. The van der Waals surface area contributed by atoms with Crippen LogP contribution in [0.25, 0.3) is 0 Å². The second-order valence-electron chi connectivity index (χ2n) is 6.41. The summed E-state index contributed by atoms with van der Waals surface area (Å²) in [5, 5.41) is 0. The van der Waals surface area contributed by atoms with Crippen LogP contribution in [-0.2, 0) is 11.2 Å². The molecule has 2 aliphatic rings. The number of nitrogens with zero attached hydrogens (tertiary/aromatic N) is 1. The van der Waals surface area contributed by atoms with Crippen LogP contribution in [0.2, 0.25) is 0 Å². The van der Waals surface area contributed by atoms with Crippen molar-refractivity contribution in [1.82, 2.24) is 4.90 Å². The van der Waals surface area contributed by atoms with E-state index in [9.17, 15) is 0 Å². The third-order valence-corrected chi connectivity index (χ3v) is 5.13. The number of benzene rings is 1. The Kier molecular flexibility index (Phi) is 5.28. The Morgan fingerprint density at radius 1 is 1.19 bits per heavy atom. The van der Waals surface area contributed by atoms with Gasteiger partial charge >= 0.3 is 0 Å². The van der Waals surface area contributed by atoms with Crippen LogP contribution in [0.15, 0.2) is 30.3 Å². The lowest BCUT2D eigenvalue weighted by Crippen LogP contribution is -2.58. The third kappa shape index (κ3) is 3.65. The van der Waals surface area contributed by atoms with E-state index in [1.54, 1.807) is 0 Å². The first-order valence-corrected chi connectivity index (χ1v) is 8.50. The second kappa shape index (κ2) is 7.39. The van der Waals surface area contributed by atoms with Crippen LogP contribution in [0.3, 0.4) is 0 Å². The molecule has 1 heterocycles. The third-order valence-electron chi connectivity index (χ3n) is 5.13. The monoisotopic (exact) mass is 288 g/mol. The molecule has 0 aromatic heterocycles. The minimum Gasteiger partial charge on any atom is -0.375 e. The molecule has 3 nitrogen and oxygen atoms in total. The SMILES string of the molecule is NCC(CCc1ccccc1)N1CCOC2CCCCC21. The Morgan fingerprint density at radius 3 is 2.81 bits per heavy atom. The maximum Gasteiger partial charge on any atom is 0.0731 e. The van der Waals surface area contributed by atoms with Crippen LogP contribution < -0.4 is 5.73 Å². The standard InChI is InChI=1S/C18H28N2O/c19-14-16(11-10-15-6-2-1-3-7-15)20-12-13-21-18-9-5-4-8-17(18)20/h1-3,6-7,16-18H,4-5,8-14,19H2. The molecule has 1 aliphatic carbocycles. The summed E-state index contributed by atoms with van der Waals surface area (Å²) in [7, 11) is 0. The summed E-state index contributed by atoms with van der Waals surface area (Å²) < 4.78 is 5.99. The van der Waals surface area contributed by atoms with Crippen molar-refractivity contribution >= 4 is 0 Å². The average molecular weight is 288 g/mol. The Hall–Kier alpha value is -0.900. The predicted molar refractivity (Wildman–Crippen MR) is 86.3 cm³/mol. The Bertz CT molecular complexity index is 420. The minimum absolute atomic E-state index is 0.457. The fraction of sp³-hybridized carbons (Fsp3) is 0.667. The van der Waals surface area contributed by atoms with Crippen molar-refractivity contribution in [2.45, 2.75) is 56.7 Å². The van der Waals surface area contributed by atoms with Gasteiger partial charge in [0.25, 0.3) is 0 Å². The number of morpholine rings is 1. The fourth-order valence-electron chi connectivity index (χ4n) is 3.98. The summed E-state index contributed by atoms with van der Waals surface area (Å²) in [6.07, 6.45) is 7.92. The largest absolute Gasteiger partial charge is 0.375 e. The summed E-state index contributed by atoms with van der Waals surface area (Å²) >= 11 is 0. The molecule has 3 heteroatoms. The molecular formula is C18H28N2O. The van der Waals surface area contributed by atoms with E-state index in [1.165, 1.54) is 31.2 Å². The highest BCUT2D eigenvalue weighted by Gasteiger charge is 2.36. The van der Waals surface area contributed by atoms with Gasteiger partial charge in [-0.2, -0.15) is 0 Å². The molecule has 2 N–H and O–H groups in total. The fourth-order valence-corrected chi connectivity index (χ4v) is 3.98. The maximum absolute atomic E-state index is 6.11. The lowest BCUT2D eigenvalue weighted by atomic mass is 9.88. The van der Waals surface area contributed by atoms with Crippen molar-refractivity contribution in [3.8, 4) is 0 Å². The summed E-state index contributed by atoms with van der Waals surface area (Å²) in [6.45, 7) is 2.69. The molecule has 116 valence electrons.